The number of nitrogens with one attached hydrogen (secondary N) is 2. The summed E-state index contributed by atoms with van der Waals surface area (Å²) in [5.41, 5.74) is 0.302. The van der Waals surface area contributed by atoms with Crippen LogP contribution in [0.2, 0.25) is 0 Å². The lowest BCUT2D eigenvalue weighted by atomic mass is 9.96. The number of benzene rings is 1. The monoisotopic (exact) mass is 281 g/mol. The van der Waals surface area contributed by atoms with Crippen molar-refractivity contribution in [3.8, 4) is 0 Å². The van der Waals surface area contributed by atoms with Gasteiger partial charge in [0, 0.05) is 25.2 Å². The largest absolute Gasteiger partial charge is 0.354 e. The van der Waals surface area contributed by atoms with Gasteiger partial charge >= 0.3 is 0 Å². The maximum Gasteiger partial charge on any atom is 0.191 e. The highest BCUT2D eigenvalue weighted by Gasteiger charge is 2.14. The Balaban J connectivity index is 1.88. The van der Waals surface area contributed by atoms with Crippen molar-refractivity contribution in [2.24, 2.45) is 4.99 Å². The Morgan fingerprint density at radius 1 is 1.25 bits per heavy atom. The zero-order valence-corrected chi connectivity index (χ0v) is 11.8. The zero-order valence-electron chi connectivity index (χ0n) is 11.8. The van der Waals surface area contributed by atoms with Crippen LogP contribution in [0.5, 0.6) is 0 Å². The van der Waals surface area contributed by atoms with E-state index in [-0.39, 0.29) is 6.54 Å². The second-order valence-electron chi connectivity index (χ2n) is 5.14. The number of nitrogens with zero attached hydrogens (tertiary/aromatic N) is 1. The van der Waals surface area contributed by atoms with Crippen LogP contribution in [0.15, 0.2) is 23.2 Å². The van der Waals surface area contributed by atoms with Crippen LogP contribution in [0, 0.1) is 11.6 Å². The minimum Gasteiger partial charge on any atom is -0.354 e. The molecular formula is C15H21F2N3. The zero-order chi connectivity index (χ0) is 14.4. The normalized spacial score (nSPS) is 17.1. The van der Waals surface area contributed by atoms with Crippen molar-refractivity contribution in [1.82, 2.24) is 10.6 Å². The fourth-order valence-electron chi connectivity index (χ4n) is 2.49. The summed E-state index contributed by atoms with van der Waals surface area (Å²) in [7, 11) is 1.68. The van der Waals surface area contributed by atoms with E-state index in [1.165, 1.54) is 25.3 Å². The quantitative estimate of drug-likeness (QED) is 0.660. The molecule has 5 heteroatoms. The van der Waals surface area contributed by atoms with Gasteiger partial charge < -0.3 is 10.6 Å². The van der Waals surface area contributed by atoms with Gasteiger partial charge in [-0.3, -0.25) is 4.99 Å². The van der Waals surface area contributed by atoms with E-state index in [1.807, 2.05) is 0 Å². The summed E-state index contributed by atoms with van der Waals surface area (Å²) in [6, 6.07) is 3.89. The number of guanidine groups is 1. The summed E-state index contributed by atoms with van der Waals surface area (Å²) in [4.78, 5) is 4.13. The Morgan fingerprint density at radius 3 is 2.70 bits per heavy atom. The van der Waals surface area contributed by atoms with Gasteiger partial charge in [-0.05, 0) is 31.0 Å². The summed E-state index contributed by atoms with van der Waals surface area (Å²) in [6.07, 6.45) is 6.02. The minimum absolute atomic E-state index is 0.218. The third-order valence-corrected chi connectivity index (χ3v) is 3.62. The third-order valence-electron chi connectivity index (χ3n) is 3.62. The molecule has 2 N–H and O–H groups in total. The van der Waals surface area contributed by atoms with Gasteiger partial charge in [0.15, 0.2) is 5.96 Å². The standard InChI is InChI=1S/C15H21F2N3/c1-18-15(20-13-5-3-2-4-6-13)19-10-11-9-12(16)7-8-14(11)17/h7-9,13H,2-6,10H2,1H3,(H2,18,19,20). The maximum atomic E-state index is 13.5. The van der Waals surface area contributed by atoms with E-state index >= 15 is 0 Å². The Hall–Kier alpha value is -1.65. The van der Waals surface area contributed by atoms with E-state index in [2.05, 4.69) is 15.6 Å². The first-order chi connectivity index (χ1) is 9.69. The molecule has 110 valence electrons. The van der Waals surface area contributed by atoms with Crippen molar-refractivity contribution in [1.29, 1.82) is 0 Å². The van der Waals surface area contributed by atoms with Crippen LogP contribution >= 0.6 is 0 Å². The Labute approximate surface area is 118 Å². The second-order valence-corrected chi connectivity index (χ2v) is 5.14. The Kier molecular flexibility index (Phi) is 5.32. The molecule has 0 spiro atoms. The number of rotatable bonds is 3. The molecule has 1 aliphatic rings. The maximum absolute atomic E-state index is 13.5. The molecule has 2 rings (SSSR count). The molecule has 0 aromatic heterocycles. The molecule has 1 saturated carbocycles. The van der Waals surface area contributed by atoms with Crippen LogP contribution < -0.4 is 10.6 Å². The molecule has 1 fully saturated rings. The van der Waals surface area contributed by atoms with Gasteiger partial charge in [-0.2, -0.15) is 0 Å². The molecule has 0 bridgehead atoms. The van der Waals surface area contributed by atoms with Crippen LogP contribution in [-0.4, -0.2) is 19.0 Å². The summed E-state index contributed by atoms with van der Waals surface area (Å²) < 4.78 is 26.6. The average Bonchev–Trinajstić information content (AvgIpc) is 2.47. The van der Waals surface area contributed by atoms with E-state index in [0.717, 1.165) is 25.0 Å². The molecule has 20 heavy (non-hydrogen) atoms. The van der Waals surface area contributed by atoms with Crippen molar-refractivity contribution in [2.45, 2.75) is 44.7 Å². The second kappa shape index (κ2) is 7.22. The molecule has 0 saturated heterocycles. The van der Waals surface area contributed by atoms with E-state index in [0.29, 0.717) is 17.6 Å². The van der Waals surface area contributed by atoms with E-state index in [4.69, 9.17) is 0 Å². The first kappa shape index (κ1) is 14.8. The van der Waals surface area contributed by atoms with Crippen molar-refractivity contribution in [2.75, 3.05) is 7.05 Å². The van der Waals surface area contributed by atoms with E-state index < -0.39 is 11.6 Å². The third kappa shape index (κ3) is 4.18. The van der Waals surface area contributed by atoms with Crippen LogP contribution in [0.4, 0.5) is 8.78 Å². The smallest absolute Gasteiger partial charge is 0.191 e. The molecule has 1 aliphatic carbocycles. The SMILES string of the molecule is CN=C(NCc1cc(F)ccc1F)NC1CCCCC1. The predicted octanol–water partition coefficient (Wildman–Crippen LogP) is 2.96. The van der Waals surface area contributed by atoms with Crippen LogP contribution in [0.1, 0.15) is 37.7 Å². The molecule has 0 amide bonds. The molecule has 3 nitrogen and oxygen atoms in total. The Bertz CT molecular complexity index is 468. The summed E-state index contributed by atoms with van der Waals surface area (Å²) in [5.74, 6) is -0.203. The predicted molar refractivity (Wildman–Crippen MR) is 76.6 cm³/mol. The molecule has 0 unspecified atom stereocenters. The van der Waals surface area contributed by atoms with Crippen LogP contribution in [-0.2, 0) is 6.54 Å². The van der Waals surface area contributed by atoms with Crippen molar-refractivity contribution < 1.29 is 8.78 Å². The molecule has 0 atom stereocenters. The average molecular weight is 281 g/mol. The lowest BCUT2D eigenvalue weighted by molar-refractivity contribution is 0.410. The van der Waals surface area contributed by atoms with E-state index in [1.54, 1.807) is 7.05 Å². The lowest BCUT2D eigenvalue weighted by Crippen LogP contribution is -2.43. The molecular weight excluding hydrogens is 260 g/mol. The fourth-order valence-corrected chi connectivity index (χ4v) is 2.49. The van der Waals surface area contributed by atoms with Crippen molar-refractivity contribution in [3.05, 3.63) is 35.4 Å². The van der Waals surface area contributed by atoms with E-state index in [9.17, 15) is 8.78 Å². The Morgan fingerprint density at radius 2 is 2.00 bits per heavy atom. The van der Waals surface area contributed by atoms with Gasteiger partial charge in [0.1, 0.15) is 11.6 Å². The number of halogens is 2. The summed E-state index contributed by atoms with van der Waals surface area (Å²) in [5, 5.41) is 6.37. The molecule has 1 aromatic rings. The first-order valence-corrected chi connectivity index (χ1v) is 7.10. The lowest BCUT2D eigenvalue weighted by Gasteiger charge is -2.24. The highest BCUT2D eigenvalue weighted by Crippen LogP contribution is 2.17. The van der Waals surface area contributed by atoms with Gasteiger partial charge in [0.25, 0.3) is 0 Å². The van der Waals surface area contributed by atoms with Gasteiger partial charge in [0.05, 0.1) is 0 Å². The molecule has 0 radical (unpaired) electrons. The number of hydrogen-bond donors (Lipinski definition) is 2. The van der Waals surface area contributed by atoms with Gasteiger partial charge in [0.2, 0.25) is 0 Å². The summed E-state index contributed by atoms with van der Waals surface area (Å²) >= 11 is 0. The topological polar surface area (TPSA) is 36.4 Å². The highest BCUT2D eigenvalue weighted by molar-refractivity contribution is 5.79. The molecule has 1 aromatic carbocycles. The van der Waals surface area contributed by atoms with Crippen molar-refractivity contribution >= 4 is 5.96 Å². The van der Waals surface area contributed by atoms with Crippen LogP contribution in [0.3, 0.4) is 0 Å². The van der Waals surface area contributed by atoms with Gasteiger partial charge in [-0.1, -0.05) is 19.3 Å². The molecule has 0 aliphatic heterocycles. The van der Waals surface area contributed by atoms with Gasteiger partial charge in [-0.25, -0.2) is 8.78 Å². The first-order valence-electron chi connectivity index (χ1n) is 7.10. The summed E-state index contributed by atoms with van der Waals surface area (Å²) in [6.45, 7) is 0.218. The molecule has 0 heterocycles. The van der Waals surface area contributed by atoms with Crippen LogP contribution in [0.25, 0.3) is 0 Å². The minimum atomic E-state index is -0.432. The number of hydrogen-bond acceptors (Lipinski definition) is 1. The highest BCUT2D eigenvalue weighted by atomic mass is 19.1. The van der Waals surface area contributed by atoms with Crippen molar-refractivity contribution in [3.63, 3.8) is 0 Å². The number of aliphatic imine (C=N–C) groups is 1. The fraction of sp³-hybridized carbons (Fsp3) is 0.533. The van der Waals surface area contributed by atoms with Gasteiger partial charge in [-0.15, -0.1) is 0 Å².